The minimum Gasteiger partial charge on any atom is -0.507 e. The second-order valence-corrected chi connectivity index (χ2v) is 8.59. The average Bonchev–Trinajstić information content (AvgIpc) is 3.09. The molecule has 4 rings (SSSR count). The molecule has 33 heavy (non-hydrogen) atoms. The number of carbonyl (C=O) groups excluding carboxylic acids is 2. The van der Waals surface area contributed by atoms with Crippen LogP contribution in [0.15, 0.2) is 78.6 Å². The molecule has 168 valence electrons. The number of aliphatic hydroxyl groups is 1. The largest absolute Gasteiger partial charge is 0.507 e. The summed E-state index contributed by atoms with van der Waals surface area (Å²) in [4.78, 5) is 31.6. The second-order valence-electron chi connectivity index (χ2n) is 8.16. The maximum absolute atomic E-state index is 13.1. The van der Waals surface area contributed by atoms with Gasteiger partial charge >= 0.3 is 0 Å². The fraction of sp³-hybridized carbons (Fsp3) is 0.192. The van der Waals surface area contributed by atoms with E-state index in [1.807, 2.05) is 0 Å². The first kappa shape index (κ1) is 22.6. The van der Waals surface area contributed by atoms with Gasteiger partial charge in [0.25, 0.3) is 11.7 Å². The molecular weight excluding hydrogens is 440 g/mol. The number of benzene rings is 2. The van der Waals surface area contributed by atoms with Gasteiger partial charge in [-0.15, -0.1) is 0 Å². The van der Waals surface area contributed by atoms with Crippen LogP contribution in [0.5, 0.6) is 5.75 Å². The molecule has 1 aliphatic rings. The third-order valence-corrected chi connectivity index (χ3v) is 5.53. The number of Topliss-reactive ketones (excluding diaryl/α,β-unsaturated/α-hetero) is 1. The number of amides is 1. The predicted octanol–water partition coefficient (Wildman–Crippen LogP) is 5.40. The fourth-order valence-electron chi connectivity index (χ4n) is 3.69. The number of hydrogen-bond acceptors (Lipinski definition) is 5. The number of pyridine rings is 1. The molecule has 3 aromatic rings. The Morgan fingerprint density at radius 1 is 1.03 bits per heavy atom. The molecule has 0 aliphatic carbocycles. The molecule has 1 N–H and O–H groups in total. The zero-order valence-corrected chi connectivity index (χ0v) is 19.0. The summed E-state index contributed by atoms with van der Waals surface area (Å²) in [5, 5.41) is 11.7. The van der Waals surface area contributed by atoms with Crippen LogP contribution in [0.4, 0.5) is 5.69 Å². The molecular formula is C26H23ClN2O4. The summed E-state index contributed by atoms with van der Waals surface area (Å²) in [7, 11) is 0. The van der Waals surface area contributed by atoms with Gasteiger partial charge in [0.2, 0.25) is 0 Å². The molecule has 1 fully saturated rings. The summed E-state index contributed by atoms with van der Waals surface area (Å²) in [5.41, 5.74) is 1.58. The van der Waals surface area contributed by atoms with Crippen molar-refractivity contribution in [3.63, 3.8) is 0 Å². The Morgan fingerprint density at radius 2 is 1.67 bits per heavy atom. The number of aromatic nitrogens is 1. The Hall–Kier alpha value is -3.64. The molecule has 7 heteroatoms. The minimum absolute atomic E-state index is 0.0111. The van der Waals surface area contributed by atoms with Gasteiger partial charge in [0.15, 0.2) is 0 Å². The Bertz CT molecular complexity index is 1190. The molecule has 1 amide bonds. The summed E-state index contributed by atoms with van der Waals surface area (Å²) in [6.07, 6.45) is 3.16. The Balaban J connectivity index is 1.79. The number of nitrogens with zero attached hydrogens (tertiary/aromatic N) is 2. The minimum atomic E-state index is -0.814. The zero-order valence-electron chi connectivity index (χ0n) is 18.2. The van der Waals surface area contributed by atoms with E-state index in [9.17, 15) is 14.7 Å². The van der Waals surface area contributed by atoms with Crippen LogP contribution < -0.4 is 9.64 Å². The molecule has 1 aliphatic heterocycles. The molecule has 0 radical (unpaired) electrons. The Morgan fingerprint density at radius 3 is 2.27 bits per heavy atom. The number of anilines is 1. The summed E-state index contributed by atoms with van der Waals surface area (Å²) >= 11 is 6.01. The van der Waals surface area contributed by atoms with Crippen molar-refractivity contribution in [3.05, 3.63) is 94.8 Å². The number of ketones is 1. The van der Waals surface area contributed by atoms with E-state index >= 15 is 0 Å². The molecule has 1 atom stereocenters. The maximum atomic E-state index is 13.1. The molecule has 6 nitrogen and oxygen atoms in total. The van der Waals surface area contributed by atoms with E-state index in [2.05, 4.69) is 18.8 Å². The van der Waals surface area contributed by atoms with E-state index < -0.39 is 17.7 Å². The van der Waals surface area contributed by atoms with E-state index in [1.165, 1.54) is 4.90 Å². The predicted molar refractivity (Wildman–Crippen MR) is 127 cm³/mol. The summed E-state index contributed by atoms with van der Waals surface area (Å²) in [6, 6.07) is 16.1. The van der Waals surface area contributed by atoms with Crippen molar-refractivity contribution in [3.8, 4) is 5.75 Å². The smallest absolute Gasteiger partial charge is 0.300 e. The van der Waals surface area contributed by atoms with E-state index in [1.54, 1.807) is 73.1 Å². The summed E-state index contributed by atoms with van der Waals surface area (Å²) < 4.78 is 5.70. The van der Waals surface area contributed by atoms with Gasteiger partial charge in [-0.05, 0) is 72.1 Å². The third-order valence-electron chi connectivity index (χ3n) is 5.28. The van der Waals surface area contributed by atoms with Gasteiger partial charge in [-0.2, -0.15) is 0 Å². The monoisotopic (exact) mass is 462 g/mol. The van der Waals surface area contributed by atoms with Crippen molar-refractivity contribution in [2.24, 2.45) is 5.92 Å². The van der Waals surface area contributed by atoms with Crippen LogP contribution in [-0.2, 0) is 9.59 Å². The maximum Gasteiger partial charge on any atom is 0.300 e. The first-order chi connectivity index (χ1) is 15.9. The van der Waals surface area contributed by atoms with Crippen molar-refractivity contribution >= 4 is 34.7 Å². The molecule has 1 saturated heterocycles. The lowest BCUT2D eigenvalue weighted by molar-refractivity contribution is -0.132. The molecule has 0 saturated carbocycles. The highest BCUT2D eigenvalue weighted by Crippen LogP contribution is 2.42. The van der Waals surface area contributed by atoms with E-state index in [4.69, 9.17) is 16.3 Å². The Labute approximate surface area is 197 Å². The van der Waals surface area contributed by atoms with Gasteiger partial charge in [-0.1, -0.05) is 25.4 Å². The summed E-state index contributed by atoms with van der Waals surface area (Å²) in [5.74, 6) is -0.696. The highest BCUT2D eigenvalue weighted by Gasteiger charge is 2.46. The highest BCUT2D eigenvalue weighted by atomic mass is 35.5. The molecule has 1 aromatic heterocycles. The van der Waals surface area contributed by atoms with Crippen molar-refractivity contribution in [1.82, 2.24) is 4.98 Å². The van der Waals surface area contributed by atoms with Crippen LogP contribution in [0.25, 0.3) is 5.76 Å². The molecule has 1 unspecified atom stereocenters. The SMILES string of the molecule is CC(C)COc1ccc(/C(O)=C2/C(=O)C(=O)N(c3ccc(Cl)cc3)C2c2ccncc2)cc1. The molecule has 0 bridgehead atoms. The standard InChI is InChI=1S/C26H23ClN2O4/c1-16(2)15-33-21-9-3-18(4-10-21)24(30)22-23(17-11-13-28-14-12-17)29(26(32)25(22)31)20-7-5-19(27)6-8-20/h3-14,16,23,30H,15H2,1-2H3/b24-22-. The van der Waals surface area contributed by atoms with Crippen molar-refractivity contribution in [2.75, 3.05) is 11.5 Å². The number of rotatable bonds is 6. The van der Waals surface area contributed by atoms with Gasteiger partial charge in [0.1, 0.15) is 11.5 Å². The molecule has 0 spiro atoms. The molecule has 2 aromatic carbocycles. The van der Waals surface area contributed by atoms with E-state index in [-0.39, 0.29) is 11.3 Å². The van der Waals surface area contributed by atoms with Crippen LogP contribution in [-0.4, -0.2) is 28.4 Å². The van der Waals surface area contributed by atoms with Crippen LogP contribution in [0, 0.1) is 5.92 Å². The number of ether oxygens (including phenoxy) is 1. The Kier molecular flexibility index (Phi) is 6.47. The van der Waals surface area contributed by atoms with E-state index in [0.717, 1.165) is 0 Å². The lowest BCUT2D eigenvalue weighted by Gasteiger charge is -2.25. The first-order valence-corrected chi connectivity index (χ1v) is 10.9. The lowest BCUT2D eigenvalue weighted by atomic mass is 9.95. The summed E-state index contributed by atoms with van der Waals surface area (Å²) in [6.45, 7) is 4.68. The quantitative estimate of drug-likeness (QED) is 0.301. The van der Waals surface area contributed by atoms with E-state index in [0.29, 0.717) is 40.1 Å². The van der Waals surface area contributed by atoms with Crippen LogP contribution in [0.3, 0.4) is 0 Å². The second kappa shape index (κ2) is 9.46. The van der Waals surface area contributed by atoms with Gasteiger partial charge < -0.3 is 9.84 Å². The van der Waals surface area contributed by atoms with Crippen molar-refractivity contribution < 1.29 is 19.4 Å². The van der Waals surface area contributed by atoms with Crippen molar-refractivity contribution in [2.45, 2.75) is 19.9 Å². The zero-order chi connectivity index (χ0) is 23.5. The third kappa shape index (κ3) is 4.61. The van der Waals surface area contributed by atoms with Crippen LogP contribution >= 0.6 is 11.6 Å². The molecule has 2 heterocycles. The average molecular weight is 463 g/mol. The van der Waals surface area contributed by atoms with Crippen LogP contribution in [0.1, 0.15) is 31.0 Å². The van der Waals surface area contributed by atoms with Gasteiger partial charge in [-0.3, -0.25) is 19.5 Å². The normalized spacial score (nSPS) is 17.6. The number of aliphatic hydroxyl groups excluding tert-OH is 1. The highest BCUT2D eigenvalue weighted by molar-refractivity contribution is 6.51. The first-order valence-electron chi connectivity index (χ1n) is 10.6. The topological polar surface area (TPSA) is 79.7 Å². The van der Waals surface area contributed by atoms with Crippen molar-refractivity contribution in [1.29, 1.82) is 0 Å². The fourth-order valence-corrected chi connectivity index (χ4v) is 3.82. The van der Waals surface area contributed by atoms with Gasteiger partial charge in [-0.25, -0.2) is 0 Å². The van der Waals surface area contributed by atoms with Gasteiger partial charge in [0.05, 0.1) is 18.2 Å². The number of halogens is 1. The number of carbonyl (C=O) groups is 2. The number of hydrogen-bond donors (Lipinski definition) is 1. The van der Waals surface area contributed by atoms with Gasteiger partial charge in [0, 0.05) is 28.7 Å². The lowest BCUT2D eigenvalue weighted by Crippen LogP contribution is -2.29. The van der Waals surface area contributed by atoms with Crippen LogP contribution in [0.2, 0.25) is 5.02 Å².